The zero-order valence-electron chi connectivity index (χ0n) is 24.9. The van der Waals surface area contributed by atoms with E-state index in [0.29, 0.717) is 24.3 Å². The summed E-state index contributed by atoms with van der Waals surface area (Å²) in [6.07, 6.45) is -1.11. The van der Waals surface area contributed by atoms with E-state index in [1.54, 1.807) is 12.1 Å². The van der Waals surface area contributed by atoms with Crippen LogP contribution in [0.2, 0.25) is 0 Å². The summed E-state index contributed by atoms with van der Waals surface area (Å²) in [5.41, 5.74) is 2.43. The first-order valence-corrected chi connectivity index (χ1v) is 14.8. The number of amides is 2. The fraction of sp³-hybridized carbons (Fsp3) is 0.424. The van der Waals surface area contributed by atoms with E-state index >= 15 is 0 Å². The van der Waals surface area contributed by atoms with Crippen molar-refractivity contribution in [2.75, 3.05) is 40.4 Å². The minimum Gasteiger partial charge on any atom is -0.481 e. The molecule has 0 bridgehead atoms. The molecule has 11 heteroatoms. The molecule has 0 saturated carbocycles. The van der Waals surface area contributed by atoms with Gasteiger partial charge < -0.3 is 25.0 Å². The van der Waals surface area contributed by atoms with Crippen LogP contribution in [-0.2, 0) is 10.2 Å². The first-order chi connectivity index (χ1) is 21.2. The number of fused-ring (bicyclic) bond motifs is 3. The minimum absolute atomic E-state index is 0.0117. The van der Waals surface area contributed by atoms with Crippen molar-refractivity contribution in [1.82, 2.24) is 20.5 Å². The number of rotatable bonds is 11. The highest BCUT2D eigenvalue weighted by atomic mass is 19.4. The number of carbonyl (C=O) groups excluding carboxylic acids is 2. The van der Waals surface area contributed by atoms with E-state index < -0.39 is 24.0 Å². The average molecular weight is 611 g/mol. The highest BCUT2D eigenvalue weighted by molar-refractivity contribution is 6.00. The van der Waals surface area contributed by atoms with Gasteiger partial charge in [-0.3, -0.25) is 9.59 Å². The molecular formula is C33H37F3N4O4. The van der Waals surface area contributed by atoms with Crippen molar-refractivity contribution in [2.45, 2.75) is 49.7 Å². The largest absolute Gasteiger partial charge is 0.481 e. The van der Waals surface area contributed by atoms with Gasteiger partial charge in [-0.25, -0.2) is 0 Å². The first-order valence-electron chi connectivity index (χ1n) is 14.8. The molecule has 2 N–H and O–H groups in total. The Morgan fingerprint density at radius 1 is 0.932 bits per heavy atom. The Kier molecular flexibility index (Phi) is 9.43. The van der Waals surface area contributed by atoms with Crippen LogP contribution >= 0.6 is 0 Å². The fourth-order valence-electron chi connectivity index (χ4n) is 6.44. The van der Waals surface area contributed by atoms with Crippen molar-refractivity contribution in [3.63, 3.8) is 0 Å². The average Bonchev–Trinajstić information content (AvgIpc) is 3.32. The zero-order valence-corrected chi connectivity index (χ0v) is 24.9. The number of ether oxygens (including phenoxy) is 2. The minimum atomic E-state index is -4.50. The number of carbonyl (C=O) groups is 2. The number of hydrogen-bond acceptors (Lipinski definition) is 6. The summed E-state index contributed by atoms with van der Waals surface area (Å²) in [6, 6.07) is 18.3. The molecule has 44 heavy (non-hydrogen) atoms. The third kappa shape index (κ3) is 6.52. The summed E-state index contributed by atoms with van der Waals surface area (Å²) in [7, 11) is 2.95. The van der Waals surface area contributed by atoms with Crippen LogP contribution in [0.15, 0.2) is 60.7 Å². The Hall–Kier alpha value is -4.12. The molecule has 1 fully saturated rings. The molecule has 5 rings (SSSR count). The molecule has 3 aromatic rings. The number of benzene rings is 2. The number of unbranched alkanes of at least 4 members (excludes halogenated alkanes) is 1. The lowest BCUT2D eigenvalue weighted by Crippen LogP contribution is -2.47. The number of nitrogens with one attached hydrogen (secondary N) is 2. The van der Waals surface area contributed by atoms with E-state index in [-0.39, 0.29) is 17.8 Å². The van der Waals surface area contributed by atoms with Crippen LogP contribution < -0.4 is 20.1 Å². The second-order valence-electron chi connectivity index (χ2n) is 11.3. The van der Waals surface area contributed by atoms with Crippen molar-refractivity contribution >= 4 is 11.8 Å². The Morgan fingerprint density at radius 2 is 1.57 bits per heavy atom. The summed E-state index contributed by atoms with van der Waals surface area (Å²) in [6.45, 7) is 1.02. The van der Waals surface area contributed by atoms with Gasteiger partial charge >= 0.3 is 6.18 Å². The molecule has 2 heterocycles. The molecule has 2 amide bonds. The predicted molar refractivity (Wildman–Crippen MR) is 160 cm³/mol. The van der Waals surface area contributed by atoms with Crippen LogP contribution in [0.25, 0.3) is 11.1 Å². The van der Waals surface area contributed by atoms with Crippen LogP contribution in [-0.4, -0.2) is 74.3 Å². The lowest BCUT2D eigenvalue weighted by molar-refractivity contribution is -0.141. The van der Waals surface area contributed by atoms with E-state index in [1.165, 1.54) is 14.2 Å². The SMILES string of the molecule is COc1ccc(C(=O)NC2CCN(CCCCC3(C(=O)NCC(F)(F)F)c4ccccc4-c4ccccc43)CC2)c(OC)n1. The normalized spacial score (nSPS) is 16.1. The maximum absolute atomic E-state index is 13.7. The molecule has 0 atom stereocenters. The molecule has 0 radical (unpaired) electrons. The van der Waals surface area contributed by atoms with Crippen LogP contribution in [0.5, 0.6) is 11.8 Å². The van der Waals surface area contributed by atoms with Gasteiger partial charge in [0.25, 0.3) is 5.91 Å². The topological polar surface area (TPSA) is 92.8 Å². The molecule has 2 aliphatic rings. The van der Waals surface area contributed by atoms with Gasteiger partial charge in [0.2, 0.25) is 17.7 Å². The molecule has 2 aromatic carbocycles. The lowest BCUT2D eigenvalue weighted by Gasteiger charge is -2.33. The van der Waals surface area contributed by atoms with Crippen molar-refractivity contribution in [1.29, 1.82) is 0 Å². The predicted octanol–water partition coefficient (Wildman–Crippen LogP) is 5.11. The van der Waals surface area contributed by atoms with Gasteiger partial charge in [0, 0.05) is 25.2 Å². The number of piperidine rings is 1. The summed E-state index contributed by atoms with van der Waals surface area (Å²) in [5.74, 6) is -0.299. The number of aromatic nitrogens is 1. The number of hydrogen-bond donors (Lipinski definition) is 2. The van der Waals surface area contributed by atoms with Crippen LogP contribution in [0.3, 0.4) is 0 Å². The molecule has 0 spiro atoms. The number of alkyl halides is 3. The molecular weight excluding hydrogens is 573 g/mol. The van der Waals surface area contributed by atoms with Gasteiger partial charge in [-0.1, -0.05) is 55.0 Å². The van der Waals surface area contributed by atoms with Crippen molar-refractivity contribution in [3.8, 4) is 22.9 Å². The maximum atomic E-state index is 13.7. The van der Waals surface area contributed by atoms with Crippen molar-refractivity contribution < 1.29 is 32.2 Å². The Labute approximate surface area is 254 Å². The van der Waals surface area contributed by atoms with E-state index in [1.807, 2.05) is 48.5 Å². The maximum Gasteiger partial charge on any atom is 0.405 e. The highest BCUT2D eigenvalue weighted by Crippen LogP contribution is 2.51. The van der Waals surface area contributed by atoms with Gasteiger partial charge in [0.05, 0.1) is 14.2 Å². The standard InChI is InChI=1S/C33H37F3N4O4/c1-43-28-14-13-25(30(39-28)44-2)29(41)38-22-15-19-40(20-16-22)18-8-7-17-32(31(42)37-21-33(34,35)36)26-11-5-3-9-23(26)24-10-4-6-12-27(24)32/h3-6,9-14,22H,7-8,15-21H2,1-2H3,(H,37,42)(H,38,41). The molecule has 1 aromatic heterocycles. The molecule has 1 aliphatic carbocycles. The van der Waals surface area contributed by atoms with E-state index in [0.717, 1.165) is 61.2 Å². The number of nitrogens with zero attached hydrogens (tertiary/aromatic N) is 2. The Balaban J connectivity index is 1.19. The molecule has 1 saturated heterocycles. The van der Waals surface area contributed by atoms with Gasteiger partial charge in [0.1, 0.15) is 17.5 Å². The van der Waals surface area contributed by atoms with Crippen LogP contribution in [0.1, 0.15) is 53.6 Å². The monoisotopic (exact) mass is 610 g/mol. The van der Waals surface area contributed by atoms with E-state index in [2.05, 4.69) is 20.5 Å². The Morgan fingerprint density at radius 3 is 2.16 bits per heavy atom. The summed E-state index contributed by atoms with van der Waals surface area (Å²) >= 11 is 0. The third-order valence-corrected chi connectivity index (χ3v) is 8.58. The molecule has 8 nitrogen and oxygen atoms in total. The molecule has 0 unspecified atom stereocenters. The second kappa shape index (κ2) is 13.3. The van der Waals surface area contributed by atoms with E-state index in [4.69, 9.17) is 9.47 Å². The van der Waals surface area contributed by atoms with Gasteiger partial charge in [0.15, 0.2) is 0 Å². The summed E-state index contributed by atoms with van der Waals surface area (Å²) in [5, 5.41) is 5.28. The summed E-state index contributed by atoms with van der Waals surface area (Å²) < 4.78 is 49.7. The summed E-state index contributed by atoms with van der Waals surface area (Å²) in [4.78, 5) is 33.1. The van der Waals surface area contributed by atoms with Crippen LogP contribution in [0, 0.1) is 0 Å². The van der Waals surface area contributed by atoms with Gasteiger partial charge in [-0.2, -0.15) is 18.2 Å². The molecule has 234 valence electrons. The van der Waals surface area contributed by atoms with Gasteiger partial charge in [-0.05, 0) is 60.5 Å². The van der Waals surface area contributed by atoms with Gasteiger partial charge in [-0.15, -0.1) is 0 Å². The smallest absolute Gasteiger partial charge is 0.405 e. The quantitative estimate of drug-likeness (QED) is 0.294. The fourth-order valence-corrected chi connectivity index (χ4v) is 6.44. The van der Waals surface area contributed by atoms with E-state index in [9.17, 15) is 22.8 Å². The first kappa shape index (κ1) is 31.3. The van der Waals surface area contributed by atoms with Crippen molar-refractivity contribution in [3.05, 3.63) is 77.4 Å². The number of pyridine rings is 1. The lowest BCUT2D eigenvalue weighted by atomic mass is 9.73. The number of methoxy groups -OCH3 is 2. The van der Waals surface area contributed by atoms with Crippen molar-refractivity contribution in [2.24, 2.45) is 0 Å². The second-order valence-corrected chi connectivity index (χ2v) is 11.3. The number of halogens is 3. The Bertz CT molecular complexity index is 1440. The highest BCUT2D eigenvalue weighted by Gasteiger charge is 2.49. The third-order valence-electron chi connectivity index (χ3n) is 8.58. The molecule has 1 aliphatic heterocycles. The number of likely N-dealkylation sites (tertiary alicyclic amines) is 1. The van der Waals surface area contributed by atoms with Crippen LogP contribution in [0.4, 0.5) is 13.2 Å². The zero-order chi connectivity index (χ0) is 31.3.